The van der Waals surface area contributed by atoms with Crippen LogP contribution in [0.4, 0.5) is 0 Å². The van der Waals surface area contributed by atoms with Crippen molar-refractivity contribution in [3.05, 3.63) is 57.6 Å². The third-order valence-corrected chi connectivity index (χ3v) is 4.52. The summed E-state index contributed by atoms with van der Waals surface area (Å²) in [7, 11) is 0. The average Bonchev–Trinajstić information content (AvgIpc) is 2.94. The number of hydrogen-bond donors (Lipinski definition) is 1. The molecule has 1 N–H and O–H groups in total. The average molecular weight is 302 g/mol. The summed E-state index contributed by atoms with van der Waals surface area (Å²) >= 11 is 6.22. The van der Waals surface area contributed by atoms with Crippen LogP contribution >= 0.6 is 11.6 Å². The van der Waals surface area contributed by atoms with E-state index < -0.39 is 0 Å². The highest BCUT2D eigenvalue weighted by Gasteiger charge is 2.22. The second-order valence-electron chi connectivity index (χ2n) is 5.68. The van der Waals surface area contributed by atoms with Gasteiger partial charge in [0.2, 0.25) is 0 Å². The minimum atomic E-state index is 0.555. The lowest BCUT2D eigenvalue weighted by atomic mass is 9.95. The highest BCUT2D eigenvalue weighted by Crippen LogP contribution is 2.27. The molecule has 1 aromatic heterocycles. The lowest BCUT2D eigenvalue weighted by molar-refractivity contribution is 0.724. The number of hydrogen-bond acceptors (Lipinski definition) is 3. The van der Waals surface area contributed by atoms with Crippen molar-refractivity contribution in [3.63, 3.8) is 0 Å². The fourth-order valence-corrected chi connectivity index (χ4v) is 3.38. The van der Waals surface area contributed by atoms with E-state index in [9.17, 15) is 0 Å². The molecule has 1 atom stereocenters. The number of benzene rings is 1. The van der Waals surface area contributed by atoms with E-state index in [1.54, 1.807) is 0 Å². The smallest absolute Gasteiger partial charge is 0.133 e. The van der Waals surface area contributed by atoms with Gasteiger partial charge in [0.15, 0.2) is 0 Å². The number of rotatable bonds is 3. The molecule has 21 heavy (non-hydrogen) atoms. The quantitative estimate of drug-likeness (QED) is 0.944. The molecule has 0 spiro atoms. The van der Waals surface area contributed by atoms with Gasteiger partial charge in [0.1, 0.15) is 5.82 Å². The first-order valence-corrected chi connectivity index (χ1v) is 7.81. The highest BCUT2D eigenvalue weighted by atomic mass is 35.5. The van der Waals surface area contributed by atoms with Gasteiger partial charge in [-0.05, 0) is 44.0 Å². The maximum atomic E-state index is 6.22. The Morgan fingerprint density at radius 1 is 1.19 bits per heavy atom. The van der Waals surface area contributed by atoms with Crippen molar-refractivity contribution in [2.24, 2.45) is 0 Å². The van der Waals surface area contributed by atoms with E-state index in [0.29, 0.717) is 12.3 Å². The predicted octanol–water partition coefficient (Wildman–Crippen LogP) is 3.41. The molecular formula is C17H20ClN3. The zero-order valence-electron chi connectivity index (χ0n) is 12.5. The molecule has 1 aliphatic heterocycles. The summed E-state index contributed by atoms with van der Waals surface area (Å²) in [6, 6.07) is 7.89. The SMILES string of the molecule is Cc1nc(Cc2ccccc2Cl)nc(C)c1C1CCNC1. The van der Waals surface area contributed by atoms with Gasteiger partial charge in [0.25, 0.3) is 0 Å². The van der Waals surface area contributed by atoms with E-state index in [2.05, 4.69) is 19.2 Å². The number of aryl methyl sites for hydroxylation is 2. The minimum Gasteiger partial charge on any atom is -0.316 e. The molecule has 0 saturated carbocycles. The van der Waals surface area contributed by atoms with Gasteiger partial charge in [-0.25, -0.2) is 9.97 Å². The van der Waals surface area contributed by atoms with Crippen molar-refractivity contribution in [2.45, 2.75) is 32.6 Å². The van der Waals surface area contributed by atoms with E-state index in [0.717, 1.165) is 40.9 Å². The summed E-state index contributed by atoms with van der Waals surface area (Å²) in [6.07, 6.45) is 1.86. The summed E-state index contributed by atoms with van der Waals surface area (Å²) in [5.41, 5.74) is 4.62. The van der Waals surface area contributed by atoms with Crippen LogP contribution in [0.5, 0.6) is 0 Å². The van der Waals surface area contributed by atoms with E-state index in [4.69, 9.17) is 21.6 Å². The van der Waals surface area contributed by atoms with Gasteiger partial charge in [0, 0.05) is 35.3 Å². The second kappa shape index (κ2) is 6.12. The molecule has 0 bridgehead atoms. The van der Waals surface area contributed by atoms with Crippen LogP contribution in [0, 0.1) is 13.8 Å². The highest BCUT2D eigenvalue weighted by molar-refractivity contribution is 6.31. The summed E-state index contributed by atoms with van der Waals surface area (Å²) in [5, 5.41) is 4.19. The van der Waals surface area contributed by atoms with Gasteiger partial charge in [-0.1, -0.05) is 29.8 Å². The lowest BCUT2D eigenvalue weighted by Gasteiger charge is -2.16. The van der Waals surface area contributed by atoms with Crippen LogP contribution in [0.25, 0.3) is 0 Å². The zero-order chi connectivity index (χ0) is 14.8. The molecule has 3 rings (SSSR count). The molecule has 2 aromatic rings. The van der Waals surface area contributed by atoms with Gasteiger partial charge in [0.05, 0.1) is 0 Å². The van der Waals surface area contributed by atoms with Crippen molar-refractivity contribution < 1.29 is 0 Å². The Hall–Kier alpha value is -1.45. The van der Waals surface area contributed by atoms with Gasteiger partial charge < -0.3 is 5.32 Å². The molecule has 3 nitrogen and oxygen atoms in total. The Labute approximate surface area is 130 Å². The van der Waals surface area contributed by atoms with Gasteiger partial charge in [-0.15, -0.1) is 0 Å². The first-order valence-electron chi connectivity index (χ1n) is 7.43. The van der Waals surface area contributed by atoms with Crippen LogP contribution in [-0.4, -0.2) is 23.1 Å². The first-order chi connectivity index (χ1) is 10.1. The Morgan fingerprint density at radius 3 is 2.52 bits per heavy atom. The fraction of sp³-hybridized carbons (Fsp3) is 0.412. The van der Waals surface area contributed by atoms with Crippen molar-refractivity contribution in [1.82, 2.24) is 15.3 Å². The van der Waals surface area contributed by atoms with Crippen molar-refractivity contribution in [2.75, 3.05) is 13.1 Å². The number of nitrogens with zero attached hydrogens (tertiary/aromatic N) is 2. The second-order valence-corrected chi connectivity index (χ2v) is 6.09. The maximum absolute atomic E-state index is 6.22. The standard InChI is InChI=1S/C17H20ClN3/c1-11-17(14-7-8-19-10-14)12(2)21-16(20-11)9-13-5-3-4-6-15(13)18/h3-6,14,19H,7-10H2,1-2H3. The van der Waals surface area contributed by atoms with Crippen LogP contribution < -0.4 is 5.32 Å². The first kappa shape index (κ1) is 14.5. The zero-order valence-corrected chi connectivity index (χ0v) is 13.2. The molecule has 1 fully saturated rings. The van der Waals surface area contributed by atoms with Crippen LogP contribution in [0.2, 0.25) is 5.02 Å². The molecule has 2 heterocycles. The third-order valence-electron chi connectivity index (χ3n) is 4.15. The fourth-order valence-electron chi connectivity index (χ4n) is 3.18. The molecule has 1 aromatic carbocycles. The van der Waals surface area contributed by atoms with E-state index in [1.807, 2.05) is 24.3 Å². The van der Waals surface area contributed by atoms with Gasteiger partial charge in [-0.2, -0.15) is 0 Å². The third kappa shape index (κ3) is 3.09. The molecule has 1 saturated heterocycles. The Morgan fingerprint density at radius 2 is 1.90 bits per heavy atom. The lowest BCUT2D eigenvalue weighted by Crippen LogP contribution is -2.13. The summed E-state index contributed by atoms with van der Waals surface area (Å²) < 4.78 is 0. The molecule has 110 valence electrons. The molecule has 4 heteroatoms. The van der Waals surface area contributed by atoms with Crippen LogP contribution in [0.1, 0.15) is 40.7 Å². The Kier molecular flexibility index (Phi) is 4.22. The monoisotopic (exact) mass is 301 g/mol. The van der Waals surface area contributed by atoms with E-state index >= 15 is 0 Å². The number of aromatic nitrogens is 2. The number of halogens is 1. The molecule has 0 aliphatic carbocycles. The van der Waals surface area contributed by atoms with Gasteiger partial charge >= 0.3 is 0 Å². The van der Waals surface area contributed by atoms with Gasteiger partial charge in [-0.3, -0.25) is 0 Å². The minimum absolute atomic E-state index is 0.555. The summed E-state index contributed by atoms with van der Waals surface area (Å²) in [5.74, 6) is 1.41. The van der Waals surface area contributed by atoms with Crippen LogP contribution in [0.15, 0.2) is 24.3 Å². The molecule has 0 radical (unpaired) electrons. The van der Waals surface area contributed by atoms with Crippen molar-refractivity contribution >= 4 is 11.6 Å². The van der Waals surface area contributed by atoms with E-state index in [1.165, 1.54) is 12.0 Å². The van der Waals surface area contributed by atoms with Crippen LogP contribution in [0.3, 0.4) is 0 Å². The molecule has 1 unspecified atom stereocenters. The largest absolute Gasteiger partial charge is 0.316 e. The molecule has 0 amide bonds. The Balaban J connectivity index is 1.89. The van der Waals surface area contributed by atoms with Crippen molar-refractivity contribution in [3.8, 4) is 0 Å². The normalized spacial score (nSPS) is 18.1. The maximum Gasteiger partial charge on any atom is 0.133 e. The Bertz CT molecular complexity index is 625. The molecular weight excluding hydrogens is 282 g/mol. The topological polar surface area (TPSA) is 37.8 Å². The van der Waals surface area contributed by atoms with Crippen LogP contribution in [-0.2, 0) is 6.42 Å². The summed E-state index contributed by atoms with van der Waals surface area (Å²) in [4.78, 5) is 9.43. The van der Waals surface area contributed by atoms with Crippen molar-refractivity contribution in [1.29, 1.82) is 0 Å². The molecule has 1 aliphatic rings. The number of nitrogens with one attached hydrogen (secondary N) is 1. The predicted molar refractivity (Wildman–Crippen MR) is 86.0 cm³/mol. The van der Waals surface area contributed by atoms with E-state index in [-0.39, 0.29) is 0 Å². The summed E-state index contributed by atoms with van der Waals surface area (Å²) in [6.45, 7) is 6.32.